The average molecular weight is 329 g/mol. The highest BCUT2D eigenvalue weighted by atomic mass is 19.1. The van der Waals surface area contributed by atoms with Crippen molar-refractivity contribution in [2.45, 2.75) is 0 Å². The molecular weight excluding hydrogens is 313 g/mol. The Labute approximate surface area is 137 Å². The Morgan fingerprint density at radius 3 is 2.67 bits per heavy atom. The number of ether oxygens (including phenoxy) is 2. The van der Waals surface area contributed by atoms with Gasteiger partial charge in [0, 0.05) is 12.4 Å². The van der Waals surface area contributed by atoms with Crippen LogP contribution >= 0.6 is 0 Å². The van der Waals surface area contributed by atoms with E-state index in [0.717, 1.165) is 5.75 Å². The highest BCUT2D eigenvalue weighted by Crippen LogP contribution is 2.16. The second-order valence-electron chi connectivity index (χ2n) is 5.02. The highest BCUT2D eigenvalue weighted by Gasteiger charge is 2.10. The van der Waals surface area contributed by atoms with Crippen LogP contribution in [0.2, 0.25) is 0 Å². The molecule has 124 valence electrons. The quantitative estimate of drug-likeness (QED) is 0.705. The lowest BCUT2D eigenvalue weighted by atomic mass is 10.3. The number of hydrogen-bond acceptors (Lipinski definition) is 4. The first-order chi connectivity index (χ1) is 11.7. The summed E-state index contributed by atoms with van der Waals surface area (Å²) in [5, 5.41) is 2.71. The Hall–Kier alpha value is -3.09. The van der Waals surface area contributed by atoms with E-state index in [2.05, 4.69) is 10.3 Å². The Bertz CT molecular complexity index is 846. The van der Waals surface area contributed by atoms with Crippen LogP contribution in [0.3, 0.4) is 0 Å². The van der Waals surface area contributed by atoms with Gasteiger partial charge in [0.05, 0.1) is 13.7 Å². The number of carbonyl (C=O) groups excluding carboxylic acids is 1. The predicted octanol–water partition coefficient (Wildman–Crippen LogP) is 2.29. The lowest BCUT2D eigenvalue weighted by Crippen LogP contribution is -2.28. The molecule has 2 aromatic heterocycles. The summed E-state index contributed by atoms with van der Waals surface area (Å²) >= 11 is 0. The third-order valence-corrected chi connectivity index (χ3v) is 3.36. The molecule has 2 heterocycles. The molecule has 0 saturated carbocycles. The zero-order valence-corrected chi connectivity index (χ0v) is 13.0. The van der Waals surface area contributed by atoms with Gasteiger partial charge in [-0.3, -0.25) is 4.79 Å². The molecule has 0 bridgehead atoms. The van der Waals surface area contributed by atoms with Gasteiger partial charge < -0.3 is 19.2 Å². The van der Waals surface area contributed by atoms with E-state index in [1.165, 1.54) is 28.9 Å². The summed E-state index contributed by atoms with van der Waals surface area (Å²) in [6.07, 6.45) is 2.75. The van der Waals surface area contributed by atoms with Gasteiger partial charge in [-0.1, -0.05) is 0 Å². The van der Waals surface area contributed by atoms with E-state index < -0.39 is 0 Å². The molecule has 0 fully saturated rings. The molecule has 6 nitrogen and oxygen atoms in total. The first kappa shape index (κ1) is 15.8. The fourth-order valence-corrected chi connectivity index (χ4v) is 2.17. The largest absolute Gasteiger partial charge is 0.497 e. The number of imidazole rings is 1. The normalized spacial score (nSPS) is 10.6. The third kappa shape index (κ3) is 3.62. The van der Waals surface area contributed by atoms with E-state index >= 15 is 0 Å². The van der Waals surface area contributed by atoms with Crippen LogP contribution in [0.1, 0.15) is 10.5 Å². The fourth-order valence-electron chi connectivity index (χ4n) is 2.17. The Balaban J connectivity index is 1.51. The van der Waals surface area contributed by atoms with Crippen molar-refractivity contribution >= 4 is 11.6 Å². The summed E-state index contributed by atoms with van der Waals surface area (Å²) in [6.45, 7) is 0.646. The number of methoxy groups -OCH3 is 1. The number of benzene rings is 1. The standard InChI is InChI=1S/C17H16FN3O3/c1-23-13-3-5-14(6-4-13)24-9-8-19-17(22)15-11-21-10-12(18)2-7-16(21)20-15/h2-7,10-11H,8-9H2,1H3,(H,19,22). The monoisotopic (exact) mass is 329 g/mol. The van der Waals surface area contributed by atoms with Gasteiger partial charge in [0.25, 0.3) is 5.91 Å². The molecule has 1 amide bonds. The van der Waals surface area contributed by atoms with E-state index in [9.17, 15) is 9.18 Å². The Morgan fingerprint density at radius 2 is 1.92 bits per heavy atom. The maximum atomic E-state index is 13.1. The van der Waals surface area contributed by atoms with Crippen LogP contribution in [-0.4, -0.2) is 35.6 Å². The molecule has 0 aliphatic rings. The van der Waals surface area contributed by atoms with E-state index in [1.54, 1.807) is 31.4 Å². The van der Waals surface area contributed by atoms with Crippen molar-refractivity contribution < 1.29 is 18.7 Å². The van der Waals surface area contributed by atoms with Gasteiger partial charge in [0.2, 0.25) is 0 Å². The van der Waals surface area contributed by atoms with Crippen molar-refractivity contribution in [2.75, 3.05) is 20.3 Å². The molecule has 1 N–H and O–H groups in total. The van der Waals surface area contributed by atoms with Crippen molar-refractivity contribution in [3.8, 4) is 11.5 Å². The molecule has 1 aromatic carbocycles. The maximum Gasteiger partial charge on any atom is 0.271 e. The molecule has 0 unspecified atom stereocenters. The van der Waals surface area contributed by atoms with Gasteiger partial charge in [-0.2, -0.15) is 0 Å². The summed E-state index contributed by atoms with van der Waals surface area (Å²) in [5.41, 5.74) is 0.737. The zero-order chi connectivity index (χ0) is 16.9. The molecule has 0 radical (unpaired) electrons. The second-order valence-corrected chi connectivity index (χ2v) is 5.02. The van der Waals surface area contributed by atoms with Gasteiger partial charge in [0.15, 0.2) is 0 Å². The first-order valence-electron chi connectivity index (χ1n) is 7.35. The Kier molecular flexibility index (Phi) is 4.60. The topological polar surface area (TPSA) is 64.9 Å². The van der Waals surface area contributed by atoms with E-state index in [4.69, 9.17) is 9.47 Å². The van der Waals surface area contributed by atoms with E-state index in [-0.39, 0.29) is 17.4 Å². The summed E-state index contributed by atoms with van der Waals surface area (Å²) in [7, 11) is 1.60. The van der Waals surface area contributed by atoms with Crippen LogP contribution < -0.4 is 14.8 Å². The molecule has 7 heteroatoms. The second kappa shape index (κ2) is 6.99. The number of rotatable bonds is 6. The summed E-state index contributed by atoms with van der Waals surface area (Å²) in [5.74, 6) is 0.712. The van der Waals surface area contributed by atoms with Gasteiger partial charge in [-0.25, -0.2) is 9.37 Å². The fraction of sp³-hybridized carbons (Fsp3) is 0.176. The van der Waals surface area contributed by atoms with Crippen LogP contribution in [0, 0.1) is 5.82 Å². The van der Waals surface area contributed by atoms with Gasteiger partial charge in [-0.15, -0.1) is 0 Å². The number of aromatic nitrogens is 2. The number of amides is 1. The number of hydrogen-bond donors (Lipinski definition) is 1. The summed E-state index contributed by atoms with van der Waals surface area (Å²) in [4.78, 5) is 16.2. The molecule has 24 heavy (non-hydrogen) atoms. The van der Waals surface area contributed by atoms with Crippen molar-refractivity contribution in [2.24, 2.45) is 0 Å². The zero-order valence-electron chi connectivity index (χ0n) is 13.0. The van der Waals surface area contributed by atoms with Crippen molar-refractivity contribution in [1.29, 1.82) is 0 Å². The predicted molar refractivity (Wildman–Crippen MR) is 86.0 cm³/mol. The Morgan fingerprint density at radius 1 is 1.17 bits per heavy atom. The SMILES string of the molecule is COc1ccc(OCCNC(=O)c2cn3cc(F)ccc3n2)cc1. The van der Waals surface area contributed by atoms with E-state index in [1.807, 2.05) is 0 Å². The molecule has 3 rings (SSSR count). The first-order valence-corrected chi connectivity index (χ1v) is 7.35. The van der Waals surface area contributed by atoms with Crippen molar-refractivity contribution in [3.63, 3.8) is 0 Å². The van der Waals surface area contributed by atoms with Gasteiger partial charge >= 0.3 is 0 Å². The minimum Gasteiger partial charge on any atom is -0.497 e. The van der Waals surface area contributed by atoms with Gasteiger partial charge in [0.1, 0.15) is 35.3 Å². The van der Waals surface area contributed by atoms with Crippen molar-refractivity contribution in [1.82, 2.24) is 14.7 Å². The molecule has 0 aliphatic carbocycles. The minimum absolute atomic E-state index is 0.227. The number of fused-ring (bicyclic) bond motifs is 1. The molecule has 0 atom stereocenters. The van der Waals surface area contributed by atoms with E-state index in [0.29, 0.717) is 24.5 Å². The number of nitrogens with one attached hydrogen (secondary N) is 1. The molecular formula is C17H16FN3O3. The van der Waals surface area contributed by atoms with Crippen LogP contribution in [0.25, 0.3) is 5.65 Å². The number of carbonyl (C=O) groups is 1. The smallest absolute Gasteiger partial charge is 0.271 e. The lowest BCUT2D eigenvalue weighted by molar-refractivity contribution is 0.0942. The number of nitrogens with zero attached hydrogens (tertiary/aromatic N) is 2. The summed E-state index contributed by atoms with van der Waals surface area (Å²) in [6, 6.07) is 9.98. The summed E-state index contributed by atoms with van der Waals surface area (Å²) < 4.78 is 25.2. The number of pyridine rings is 1. The molecule has 0 spiro atoms. The average Bonchev–Trinajstić information content (AvgIpc) is 3.02. The van der Waals surface area contributed by atoms with Crippen molar-refractivity contribution in [3.05, 3.63) is 60.3 Å². The molecule has 0 saturated heterocycles. The maximum absolute atomic E-state index is 13.1. The van der Waals surface area contributed by atoms with Crippen LogP contribution in [0.15, 0.2) is 48.8 Å². The van der Waals surface area contributed by atoms with Crippen LogP contribution in [0.4, 0.5) is 4.39 Å². The number of halogens is 1. The van der Waals surface area contributed by atoms with Crippen LogP contribution in [0.5, 0.6) is 11.5 Å². The highest BCUT2D eigenvalue weighted by molar-refractivity contribution is 5.92. The minimum atomic E-state index is -0.389. The van der Waals surface area contributed by atoms with Gasteiger partial charge in [-0.05, 0) is 36.4 Å². The van der Waals surface area contributed by atoms with Crippen LogP contribution in [-0.2, 0) is 0 Å². The molecule has 0 aliphatic heterocycles. The lowest BCUT2D eigenvalue weighted by Gasteiger charge is -2.07. The third-order valence-electron chi connectivity index (χ3n) is 3.36. The molecule has 3 aromatic rings.